The lowest BCUT2D eigenvalue weighted by molar-refractivity contribution is -0.142. The number of amides is 1. The highest BCUT2D eigenvalue weighted by Crippen LogP contribution is 2.30. The van der Waals surface area contributed by atoms with Crippen molar-refractivity contribution in [3.63, 3.8) is 0 Å². The van der Waals surface area contributed by atoms with Gasteiger partial charge in [-0.2, -0.15) is 13.2 Å². The van der Waals surface area contributed by atoms with Gasteiger partial charge in [-0.25, -0.2) is 0 Å². The molecule has 1 heterocycles. The van der Waals surface area contributed by atoms with Crippen LogP contribution >= 0.6 is 0 Å². The van der Waals surface area contributed by atoms with Crippen LogP contribution in [0, 0.1) is 0 Å². The molecule has 0 aliphatic carbocycles. The molecular weight excluding hydrogens is 301 g/mol. The van der Waals surface area contributed by atoms with E-state index in [1.807, 2.05) is 6.07 Å². The van der Waals surface area contributed by atoms with E-state index in [-0.39, 0.29) is 0 Å². The molecule has 2 aromatic rings. The predicted molar refractivity (Wildman–Crippen MR) is 71.5 cm³/mol. The number of halogens is 3. The van der Waals surface area contributed by atoms with Gasteiger partial charge in [0.05, 0.1) is 6.07 Å². The number of para-hydroxylation sites is 1. The Morgan fingerprint density at radius 3 is 2.55 bits per heavy atom. The van der Waals surface area contributed by atoms with Crippen molar-refractivity contribution in [3.8, 4) is 5.95 Å². The van der Waals surface area contributed by atoms with E-state index in [1.165, 1.54) is 4.90 Å². The fourth-order valence-corrected chi connectivity index (χ4v) is 1.78. The number of ether oxygens (including phenoxy) is 1. The maximum atomic E-state index is 12.4. The van der Waals surface area contributed by atoms with E-state index in [4.69, 9.17) is 4.74 Å². The van der Waals surface area contributed by atoms with Crippen LogP contribution in [0.3, 0.4) is 0 Å². The zero-order valence-electron chi connectivity index (χ0n) is 11.6. The van der Waals surface area contributed by atoms with Crippen molar-refractivity contribution in [3.05, 3.63) is 42.1 Å². The van der Waals surface area contributed by atoms with Gasteiger partial charge >= 0.3 is 12.1 Å². The number of aromatic nitrogens is 1. The smallest absolute Gasteiger partial charge is 0.436 e. The molecule has 0 saturated heterocycles. The first-order chi connectivity index (χ1) is 10.4. The molecule has 22 heavy (non-hydrogen) atoms. The van der Waals surface area contributed by atoms with Gasteiger partial charge in [-0.1, -0.05) is 23.4 Å². The standard InChI is InChI=1S/C14H13F3N2O3/c1-2-19(10-6-4-3-5-7-10)12(20)9-21-13-8-11(18-22-13)14(15,16)17/h3-8H,2,9H2,1H3. The quantitative estimate of drug-likeness (QED) is 0.851. The summed E-state index contributed by atoms with van der Waals surface area (Å²) in [6.45, 7) is 1.73. The minimum Gasteiger partial charge on any atom is -0.454 e. The number of alkyl halides is 3. The zero-order chi connectivity index (χ0) is 16.2. The van der Waals surface area contributed by atoms with Crippen LogP contribution in [0.2, 0.25) is 0 Å². The van der Waals surface area contributed by atoms with Gasteiger partial charge in [-0.3, -0.25) is 4.79 Å². The number of carbonyl (C=O) groups is 1. The highest BCUT2D eigenvalue weighted by atomic mass is 19.4. The van der Waals surface area contributed by atoms with Crippen LogP contribution in [0.5, 0.6) is 5.95 Å². The number of nitrogens with zero attached hydrogens (tertiary/aromatic N) is 2. The molecule has 1 aromatic carbocycles. The summed E-state index contributed by atoms with van der Waals surface area (Å²) in [6, 6.07) is 9.46. The number of benzene rings is 1. The van der Waals surface area contributed by atoms with Gasteiger partial charge in [0.2, 0.25) is 0 Å². The Balaban J connectivity index is 1.98. The van der Waals surface area contributed by atoms with Gasteiger partial charge in [-0.05, 0) is 19.1 Å². The summed E-state index contributed by atoms with van der Waals surface area (Å²) in [4.78, 5) is 13.5. The first-order valence-electron chi connectivity index (χ1n) is 6.44. The van der Waals surface area contributed by atoms with Crippen molar-refractivity contribution >= 4 is 11.6 Å². The normalized spacial score (nSPS) is 11.3. The summed E-state index contributed by atoms with van der Waals surface area (Å²) in [7, 11) is 0. The Morgan fingerprint density at radius 1 is 1.32 bits per heavy atom. The van der Waals surface area contributed by atoms with Gasteiger partial charge in [0.1, 0.15) is 0 Å². The van der Waals surface area contributed by atoms with Crippen molar-refractivity contribution in [1.82, 2.24) is 5.16 Å². The molecule has 0 bridgehead atoms. The third-order valence-electron chi connectivity index (χ3n) is 2.80. The predicted octanol–water partition coefficient (Wildman–Crippen LogP) is 3.13. The van der Waals surface area contributed by atoms with E-state index >= 15 is 0 Å². The molecule has 8 heteroatoms. The van der Waals surface area contributed by atoms with Gasteiger partial charge in [0, 0.05) is 12.2 Å². The molecular formula is C14H13F3N2O3. The molecule has 0 spiro atoms. The van der Waals surface area contributed by atoms with Gasteiger partial charge < -0.3 is 14.2 Å². The van der Waals surface area contributed by atoms with Crippen molar-refractivity contribution < 1.29 is 27.2 Å². The monoisotopic (exact) mass is 314 g/mol. The van der Waals surface area contributed by atoms with Crippen LogP contribution in [0.25, 0.3) is 0 Å². The van der Waals surface area contributed by atoms with Crippen LogP contribution in [-0.2, 0) is 11.0 Å². The van der Waals surface area contributed by atoms with Crippen LogP contribution in [0.15, 0.2) is 40.9 Å². The fourth-order valence-electron chi connectivity index (χ4n) is 1.78. The van der Waals surface area contributed by atoms with Crippen LogP contribution in [0.1, 0.15) is 12.6 Å². The van der Waals surface area contributed by atoms with E-state index in [9.17, 15) is 18.0 Å². The molecule has 0 unspecified atom stereocenters. The van der Waals surface area contributed by atoms with Crippen LogP contribution in [-0.4, -0.2) is 24.2 Å². The number of anilines is 1. The Morgan fingerprint density at radius 2 is 2.00 bits per heavy atom. The van der Waals surface area contributed by atoms with Gasteiger partial charge in [0.25, 0.3) is 5.91 Å². The highest BCUT2D eigenvalue weighted by Gasteiger charge is 2.35. The van der Waals surface area contributed by atoms with Gasteiger partial charge in [-0.15, -0.1) is 0 Å². The third-order valence-corrected chi connectivity index (χ3v) is 2.80. The number of hydrogen-bond acceptors (Lipinski definition) is 4. The summed E-state index contributed by atoms with van der Waals surface area (Å²) < 4.78 is 46.4. The van der Waals surface area contributed by atoms with Crippen molar-refractivity contribution in [2.24, 2.45) is 0 Å². The summed E-state index contributed by atoms with van der Waals surface area (Å²) in [5.74, 6) is -0.858. The van der Waals surface area contributed by atoms with Crippen molar-refractivity contribution in [2.45, 2.75) is 13.1 Å². The second kappa shape index (κ2) is 6.50. The van der Waals surface area contributed by atoms with Crippen LogP contribution in [0.4, 0.5) is 18.9 Å². The van der Waals surface area contributed by atoms with Crippen LogP contribution < -0.4 is 9.64 Å². The summed E-state index contributed by atoms with van der Waals surface area (Å²) in [5, 5.41) is 2.84. The fraction of sp³-hybridized carbons (Fsp3) is 0.286. The molecule has 118 valence electrons. The Kier molecular flexibility index (Phi) is 4.69. The second-order valence-electron chi connectivity index (χ2n) is 4.29. The lowest BCUT2D eigenvalue weighted by Crippen LogP contribution is -2.34. The number of rotatable bonds is 5. The summed E-state index contributed by atoms with van der Waals surface area (Å²) >= 11 is 0. The van der Waals surface area contributed by atoms with Crippen molar-refractivity contribution in [1.29, 1.82) is 0 Å². The molecule has 1 aromatic heterocycles. The van der Waals surface area contributed by atoms with E-state index < -0.39 is 30.3 Å². The molecule has 5 nitrogen and oxygen atoms in total. The maximum Gasteiger partial charge on any atom is 0.436 e. The molecule has 0 atom stereocenters. The molecule has 2 rings (SSSR count). The summed E-state index contributed by atoms with van der Waals surface area (Å²) in [6.07, 6.45) is -4.62. The number of likely N-dealkylation sites (N-methyl/N-ethyl adjacent to an activating group) is 1. The molecule has 0 radical (unpaired) electrons. The third kappa shape index (κ3) is 3.78. The zero-order valence-corrected chi connectivity index (χ0v) is 11.6. The molecule has 0 aliphatic heterocycles. The number of carbonyl (C=O) groups excluding carboxylic acids is 1. The molecule has 1 amide bonds. The second-order valence-corrected chi connectivity index (χ2v) is 4.29. The minimum atomic E-state index is -4.62. The lowest BCUT2D eigenvalue weighted by atomic mass is 10.3. The van der Waals surface area contributed by atoms with Gasteiger partial charge in [0.15, 0.2) is 12.3 Å². The largest absolute Gasteiger partial charge is 0.454 e. The first kappa shape index (κ1) is 15.9. The Hall–Kier alpha value is -2.51. The topological polar surface area (TPSA) is 55.6 Å². The van der Waals surface area contributed by atoms with E-state index in [0.29, 0.717) is 18.3 Å². The van der Waals surface area contributed by atoms with E-state index in [1.54, 1.807) is 31.2 Å². The average Bonchev–Trinajstić information content (AvgIpc) is 2.96. The molecule has 0 saturated carbocycles. The molecule has 0 aliphatic rings. The molecule has 0 N–H and O–H groups in total. The van der Waals surface area contributed by atoms with E-state index in [0.717, 1.165) is 0 Å². The highest BCUT2D eigenvalue weighted by molar-refractivity contribution is 5.94. The first-order valence-corrected chi connectivity index (χ1v) is 6.44. The lowest BCUT2D eigenvalue weighted by Gasteiger charge is -2.20. The minimum absolute atomic E-state index is 0.399. The average molecular weight is 314 g/mol. The summed E-state index contributed by atoms with van der Waals surface area (Å²) in [5.41, 5.74) is -0.530. The van der Waals surface area contributed by atoms with Crippen molar-refractivity contribution in [2.75, 3.05) is 18.1 Å². The SMILES string of the molecule is CCN(C(=O)COc1cc(C(F)(F)F)no1)c1ccccc1. The maximum absolute atomic E-state index is 12.4. The Labute approximate surface area is 124 Å². The number of hydrogen-bond donors (Lipinski definition) is 0. The molecule has 0 fully saturated rings. The van der Waals surface area contributed by atoms with E-state index in [2.05, 4.69) is 9.68 Å². The Bertz CT molecular complexity index is 626.